The van der Waals surface area contributed by atoms with Crippen LogP contribution in [0.1, 0.15) is 0 Å². The minimum atomic E-state index is 0.944. The van der Waals surface area contributed by atoms with Gasteiger partial charge in [0.25, 0.3) is 0 Å². The van der Waals surface area contributed by atoms with E-state index in [9.17, 15) is 0 Å². The number of rotatable bonds is 1. The first-order valence-corrected chi connectivity index (χ1v) is 3.10. The molecule has 0 aliphatic heterocycles. The van der Waals surface area contributed by atoms with Crippen LogP contribution in [0.15, 0.2) is 40.9 Å². The lowest BCUT2D eigenvalue weighted by molar-refractivity contribution is 0.317. The van der Waals surface area contributed by atoms with Crippen molar-refractivity contribution >= 4 is 12.4 Å². The lowest BCUT2D eigenvalue weighted by atomic mass is 10.5. The van der Waals surface area contributed by atoms with E-state index in [0.29, 0.717) is 0 Å². The zero-order chi connectivity index (χ0) is 9.07. The summed E-state index contributed by atoms with van der Waals surface area (Å²) < 4.78 is 0. The van der Waals surface area contributed by atoms with Gasteiger partial charge in [0.15, 0.2) is 0 Å². The fourth-order valence-corrected chi connectivity index (χ4v) is 0.372. The predicted molar refractivity (Wildman–Crippen MR) is 44.8 cm³/mol. The Balaban J connectivity index is 0.000000202. The van der Waals surface area contributed by atoms with Crippen molar-refractivity contribution in [2.75, 3.05) is 0 Å². The van der Waals surface area contributed by atoms with Crippen molar-refractivity contribution in [3.05, 3.63) is 30.6 Å². The van der Waals surface area contributed by atoms with Gasteiger partial charge in [0.1, 0.15) is 0 Å². The van der Waals surface area contributed by atoms with Gasteiger partial charge in [0, 0.05) is 12.4 Å². The highest BCUT2D eigenvalue weighted by molar-refractivity contribution is 6.15. The third-order valence-electron chi connectivity index (χ3n) is 0.766. The molecule has 0 bridgehead atoms. The van der Waals surface area contributed by atoms with Crippen LogP contribution in [0.3, 0.4) is 0 Å². The maximum Gasteiger partial charge on any atom is 0.0877 e. The Morgan fingerprint density at radius 3 is 1.58 bits per heavy atom. The average molecular weight is 167 g/mol. The van der Waals surface area contributed by atoms with Crippen molar-refractivity contribution in [2.45, 2.75) is 0 Å². The minimum Gasteiger partial charge on any atom is -0.411 e. The maximum absolute atomic E-state index is 7.56. The van der Waals surface area contributed by atoms with Crippen LogP contribution in [-0.4, -0.2) is 27.8 Å². The molecule has 0 aliphatic rings. The Hall–Kier alpha value is -1.91. The van der Waals surface area contributed by atoms with Gasteiger partial charge in [-0.15, -0.1) is 0 Å². The van der Waals surface area contributed by atoms with Crippen molar-refractivity contribution in [1.82, 2.24) is 4.98 Å². The van der Waals surface area contributed by atoms with Gasteiger partial charge >= 0.3 is 0 Å². The van der Waals surface area contributed by atoms with Crippen LogP contribution in [0.25, 0.3) is 0 Å². The Kier molecular flexibility index (Phi) is 7.64. The van der Waals surface area contributed by atoms with Crippen molar-refractivity contribution in [3.63, 3.8) is 0 Å². The van der Waals surface area contributed by atoms with Crippen LogP contribution in [0.2, 0.25) is 0 Å². The third-order valence-corrected chi connectivity index (χ3v) is 0.766. The van der Waals surface area contributed by atoms with E-state index >= 15 is 0 Å². The molecule has 0 amide bonds. The zero-order valence-electron chi connectivity index (χ0n) is 6.28. The molecule has 12 heavy (non-hydrogen) atoms. The van der Waals surface area contributed by atoms with E-state index in [1.165, 1.54) is 0 Å². The van der Waals surface area contributed by atoms with Gasteiger partial charge in [-0.05, 0) is 12.1 Å². The van der Waals surface area contributed by atoms with Gasteiger partial charge in [0.2, 0.25) is 0 Å². The molecule has 2 N–H and O–H groups in total. The van der Waals surface area contributed by atoms with Crippen molar-refractivity contribution < 1.29 is 10.4 Å². The van der Waals surface area contributed by atoms with Crippen molar-refractivity contribution in [1.29, 1.82) is 0 Å². The maximum atomic E-state index is 7.56. The second-order valence-electron chi connectivity index (χ2n) is 1.55. The molecule has 0 aromatic carbocycles. The topological polar surface area (TPSA) is 78.1 Å². The SMILES string of the molecule is ON=CC=NO.c1ccncc1. The summed E-state index contributed by atoms with van der Waals surface area (Å²) in [6.45, 7) is 0. The first-order chi connectivity index (χ1) is 5.91. The van der Waals surface area contributed by atoms with Gasteiger partial charge in [-0.3, -0.25) is 4.98 Å². The first-order valence-electron chi connectivity index (χ1n) is 3.10. The van der Waals surface area contributed by atoms with Gasteiger partial charge in [-0.1, -0.05) is 16.4 Å². The summed E-state index contributed by atoms with van der Waals surface area (Å²) in [6, 6.07) is 5.72. The molecular formula is C7H9N3O2. The molecule has 0 atom stereocenters. The second kappa shape index (κ2) is 9.09. The van der Waals surface area contributed by atoms with Gasteiger partial charge < -0.3 is 10.4 Å². The number of aromatic nitrogens is 1. The summed E-state index contributed by atoms with van der Waals surface area (Å²) in [4.78, 5) is 3.78. The summed E-state index contributed by atoms with van der Waals surface area (Å²) in [5.41, 5.74) is 0. The Morgan fingerprint density at radius 1 is 0.917 bits per heavy atom. The number of hydrogen-bond acceptors (Lipinski definition) is 5. The number of hydrogen-bond donors (Lipinski definition) is 2. The van der Waals surface area contributed by atoms with E-state index in [1.807, 2.05) is 18.2 Å². The molecule has 0 spiro atoms. The molecule has 0 radical (unpaired) electrons. The monoisotopic (exact) mass is 167 g/mol. The molecule has 1 heterocycles. The fraction of sp³-hybridized carbons (Fsp3) is 0. The highest BCUT2D eigenvalue weighted by Crippen LogP contribution is 1.73. The van der Waals surface area contributed by atoms with Crippen LogP contribution in [-0.2, 0) is 0 Å². The largest absolute Gasteiger partial charge is 0.411 e. The highest BCUT2D eigenvalue weighted by Gasteiger charge is 1.58. The predicted octanol–water partition coefficient (Wildman–Crippen LogP) is 0.988. The second-order valence-corrected chi connectivity index (χ2v) is 1.55. The number of pyridine rings is 1. The molecule has 5 nitrogen and oxygen atoms in total. The molecule has 0 unspecified atom stereocenters. The lowest BCUT2D eigenvalue weighted by Crippen LogP contribution is -1.70. The number of nitrogens with zero attached hydrogens (tertiary/aromatic N) is 3. The zero-order valence-corrected chi connectivity index (χ0v) is 6.28. The van der Waals surface area contributed by atoms with Crippen LogP contribution < -0.4 is 0 Å². The van der Waals surface area contributed by atoms with Crippen LogP contribution in [0.4, 0.5) is 0 Å². The molecule has 0 saturated carbocycles. The molecule has 0 aliphatic carbocycles. The van der Waals surface area contributed by atoms with E-state index in [1.54, 1.807) is 12.4 Å². The Labute approximate surface area is 69.7 Å². The van der Waals surface area contributed by atoms with Crippen LogP contribution in [0, 0.1) is 0 Å². The molecular weight excluding hydrogens is 158 g/mol. The van der Waals surface area contributed by atoms with E-state index < -0.39 is 0 Å². The van der Waals surface area contributed by atoms with Gasteiger partial charge in [-0.2, -0.15) is 0 Å². The standard InChI is InChI=1S/C5H5N.C2H4N2O2/c1-2-4-6-5-3-1;5-3-1-2-4-6/h1-5H;1-2,5-6H. The average Bonchev–Trinajstić information content (AvgIpc) is 2.18. The Bertz CT molecular complexity index is 187. The van der Waals surface area contributed by atoms with E-state index in [0.717, 1.165) is 12.4 Å². The molecule has 64 valence electrons. The minimum absolute atomic E-state index is 0.944. The summed E-state index contributed by atoms with van der Waals surface area (Å²) >= 11 is 0. The first kappa shape index (κ1) is 10.1. The van der Waals surface area contributed by atoms with Gasteiger partial charge in [0.05, 0.1) is 12.4 Å². The molecule has 1 rings (SSSR count). The van der Waals surface area contributed by atoms with E-state index in [4.69, 9.17) is 10.4 Å². The lowest BCUT2D eigenvalue weighted by Gasteiger charge is -1.70. The van der Waals surface area contributed by atoms with E-state index in [2.05, 4.69) is 15.3 Å². The van der Waals surface area contributed by atoms with Crippen LogP contribution >= 0.6 is 0 Å². The summed E-state index contributed by atoms with van der Waals surface area (Å²) in [5.74, 6) is 0. The molecule has 0 saturated heterocycles. The highest BCUT2D eigenvalue weighted by atomic mass is 16.4. The van der Waals surface area contributed by atoms with Crippen LogP contribution in [0.5, 0.6) is 0 Å². The summed E-state index contributed by atoms with van der Waals surface area (Å²) in [6.07, 6.45) is 5.39. The molecule has 1 aromatic rings. The van der Waals surface area contributed by atoms with Crippen molar-refractivity contribution in [2.24, 2.45) is 10.3 Å². The summed E-state index contributed by atoms with van der Waals surface area (Å²) in [5, 5.41) is 20.1. The molecule has 5 heteroatoms. The smallest absolute Gasteiger partial charge is 0.0877 e. The quantitative estimate of drug-likeness (QED) is 0.372. The summed E-state index contributed by atoms with van der Waals surface area (Å²) in [7, 11) is 0. The third kappa shape index (κ3) is 8.09. The fourth-order valence-electron chi connectivity index (χ4n) is 0.372. The van der Waals surface area contributed by atoms with Gasteiger partial charge in [-0.25, -0.2) is 0 Å². The van der Waals surface area contributed by atoms with E-state index in [-0.39, 0.29) is 0 Å². The molecule has 0 fully saturated rings. The van der Waals surface area contributed by atoms with Crippen molar-refractivity contribution in [3.8, 4) is 0 Å². The molecule has 1 aromatic heterocycles. The Morgan fingerprint density at radius 2 is 1.42 bits per heavy atom. The number of oxime groups is 2. The normalized spacial score (nSPS) is 9.67.